The van der Waals surface area contributed by atoms with Gasteiger partial charge in [-0.1, -0.05) is 69.2 Å². The van der Waals surface area contributed by atoms with Crippen LogP contribution >= 0.6 is 0 Å². The minimum Gasteiger partial charge on any atom is -0.463 e. The second-order valence-corrected chi connectivity index (χ2v) is 11.3. The molecule has 116 valence electrons. The van der Waals surface area contributed by atoms with E-state index in [0.29, 0.717) is 13.2 Å². The van der Waals surface area contributed by atoms with Gasteiger partial charge in [-0.2, -0.15) is 0 Å². The molecule has 1 aliphatic rings. The molecule has 0 saturated carbocycles. The van der Waals surface area contributed by atoms with Gasteiger partial charge >= 0.3 is 5.97 Å². The number of esters is 1. The van der Waals surface area contributed by atoms with Crippen LogP contribution in [0.15, 0.2) is 30.3 Å². The molecule has 0 aliphatic carbocycles. The van der Waals surface area contributed by atoms with Crippen LogP contribution in [0.2, 0.25) is 23.7 Å². The Kier molecular flexibility index (Phi) is 5.59. The highest BCUT2D eigenvalue weighted by Crippen LogP contribution is 2.41. The van der Waals surface area contributed by atoms with E-state index < -0.39 is 8.07 Å². The van der Waals surface area contributed by atoms with E-state index in [1.54, 1.807) is 0 Å². The average Bonchev–Trinajstić information content (AvgIpc) is 2.91. The Morgan fingerprint density at radius 2 is 1.76 bits per heavy atom. The van der Waals surface area contributed by atoms with E-state index in [0.717, 1.165) is 23.7 Å². The Bertz CT molecular complexity index is 448. The predicted molar refractivity (Wildman–Crippen MR) is 86.9 cm³/mol. The van der Waals surface area contributed by atoms with Gasteiger partial charge in [0.2, 0.25) is 0 Å². The summed E-state index contributed by atoms with van der Waals surface area (Å²) in [4.78, 5) is 12.3. The van der Waals surface area contributed by atoms with Crippen LogP contribution in [0.4, 0.5) is 0 Å². The molecule has 1 fully saturated rings. The molecule has 0 unspecified atom stereocenters. The largest absolute Gasteiger partial charge is 0.463 e. The van der Waals surface area contributed by atoms with Crippen molar-refractivity contribution in [2.75, 3.05) is 6.61 Å². The van der Waals surface area contributed by atoms with E-state index in [4.69, 9.17) is 9.47 Å². The molecule has 21 heavy (non-hydrogen) atoms. The van der Waals surface area contributed by atoms with Crippen LogP contribution in [0, 0.1) is 0 Å². The molecule has 0 radical (unpaired) electrons. The van der Waals surface area contributed by atoms with Crippen LogP contribution in [-0.4, -0.2) is 26.8 Å². The van der Waals surface area contributed by atoms with Gasteiger partial charge in [-0.25, -0.2) is 0 Å². The first-order chi connectivity index (χ1) is 10.2. The van der Waals surface area contributed by atoms with Crippen LogP contribution in [0.25, 0.3) is 0 Å². The fourth-order valence-electron chi connectivity index (χ4n) is 3.48. The maximum absolute atomic E-state index is 12.3. The molecule has 0 amide bonds. The van der Waals surface area contributed by atoms with Crippen molar-refractivity contribution in [3.63, 3.8) is 0 Å². The lowest BCUT2D eigenvalue weighted by Crippen LogP contribution is -2.45. The van der Waals surface area contributed by atoms with Gasteiger partial charge in [-0.15, -0.1) is 0 Å². The highest BCUT2D eigenvalue weighted by atomic mass is 28.3. The molecule has 1 aliphatic heterocycles. The molecule has 1 saturated heterocycles. The van der Waals surface area contributed by atoms with Crippen molar-refractivity contribution in [3.05, 3.63) is 35.9 Å². The van der Waals surface area contributed by atoms with E-state index in [2.05, 4.69) is 32.9 Å². The zero-order valence-electron chi connectivity index (χ0n) is 13.3. The smallest absolute Gasteiger partial charge is 0.309 e. The number of benzene rings is 1. The first-order valence-electron chi connectivity index (χ1n) is 7.99. The number of carbonyl (C=O) groups excluding carboxylic acids is 1. The molecule has 0 aromatic heterocycles. The van der Waals surface area contributed by atoms with E-state index >= 15 is 0 Å². The number of hydrogen-bond donors (Lipinski definition) is 0. The minimum absolute atomic E-state index is 0.00112. The van der Waals surface area contributed by atoms with Crippen molar-refractivity contribution in [2.45, 2.75) is 57.2 Å². The van der Waals surface area contributed by atoms with Gasteiger partial charge in [0.25, 0.3) is 0 Å². The summed E-state index contributed by atoms with van der Waals surface area (Å²) in [6, 6.07) is 13.5. The van der Waals surface area contributed by atoms with Crippen LogP contribution in [0.5, 0.6) is 0 Å². The maximum Gasteiger partial charge on any atom is 0.309 e. The maximum atomic E-state index is 12.3. The minimum atomic E-state index is -1.65. The Labute approximate surface area is 128 Å². The Balaban J connectivity index is 2.09. The van der Waals surface area contributed by atoms with Crippen molar-refractivity contribution >= 4 is 14.0 Å². The monoisotopic (exact) mass is 306 g/mol. The third-order valence-electron chi connectivity index (χ3n) is 5.09. The number of carbonyl (C=O) groups is 1. The molecular weight excluding hydrogens is 280 g/mol. The lowest BCUT2D eigenvalue weighted by Gasteiger charge is -2.35. The number of cyclic esters (lactones) is 1. The van der Waals surface area contributed by atoms with E-state index in [-0.39, 0.29) is 17.6 Å². The lowest BCUT2D eigenvalue weighted by atomic mass is 10.2. The molecule has 0 N–H and O–H groups in total. The molecular formula is C17H26O3Si. The predicted octanol–water partition coefficient (Wildman–Crippen LogP) is 4.01. The molecule has 1 aromatic rings. The summed E-state index contributed by atoms with van der Waals surface area (Å²) in [5.41, 5.74) is 1.15. The molecule has 2 rings (SSSR count). The summed E-state index contributed by atoms with van der Waals surface area (Å²) in [6.07, 6.45) is -0.0655. The SMILES string of the molecule is CC[Si](CC)(CC)[C@H]1C(=O)OC[C@@H]1OCc1ccccc1. The third-order valence-corrected chi connectivity index (χ3v) is 11.2. The van der Waals surface area contributed by atoms with Gasteiger partial charge in [-0.3, -0.25) is 4.79 Å². The summed E-state index contributed by atoms with van der Waals surface area (Å²) in [6.45, 7) is 7.64. The summed E-state index contributed by atoms with van der Waals surface area (Å²) >= 11 is 0. The second-order valence-electron chi connectivity index (χ2n) is 5.87. The third kappa shape index (κ3) is 3.38. The van der Waals surface area contributed by atoms with E-state index in [9.17, 15) is 4.79 Å². The van der Waals surface area contributed by atoms with Crippen LogP contribution < -0.4 is 0 Å². The molecule has 1 aromatic carbocycles. The van der Waals surface area contributed by atoms with Gasteiger partial charge in [0, 0.05) is 0 Å². The number of ether oxygens (including phenoxy) is 2. The second kappa shape index (κ2) is 7.23. The van der Waals surface area contributed by atoms with Crippen molar-refractivity contribution in [1.82, 2.24) is 0 Å². The first-order valence-corrected chi connectivity index (χ1v) is 10.7. The van der Waals surface area contributed by atoms with Crippen molar-refractivity contribution < 1.29 is 14.3 Å². The summed E-state index contributed by atoms with van der Waals surface area (Å²) in [5.74, 6) is -0.0229. The molecule has 0 spiro atoms. The Morgan fingerprint density at radius 3 is 2.33 bits per heavy atom. The fourth-order valence-corrected chi connectivity index (χ4v) is 7.86. The summed E-state index contributed by atoms with van der Waals surface area (Å²) < 4.78 is 11.4. The quantitative estimate of drug-likeness (QED) is 0.564. The molecule has 0 bridgehead atoms. The van der Waals surface area contributed by atoms with Gasteiger partial charge in [0.05, 0.1) is 20.2 Å². The normalized spacial score (nSPS) is 22.3. The first kappa shape index (κ1) is 16.2. The zero-order chi connectivity index (χ0) is 15.3. The van der Waals surface area contributed by atoms with Gasteiger partial charge in [0.15, 0.2) is 0 Å². The standard InChI is InChI=1S/C17H26O3Si/c1-4-21(5-2,6-3)16-15(13-20-17(16)18)19-12-14-10-8-7-9-11-14/h7-11,15-16H,4-6,12-13H2,1-3H3/t15-,16+/m0/s1. The van der Waals surface area contributed by atoms with Gasteiger partial charge < -0.3 is 9.47 Å². The molecule has 2 atom stereocenters. The highest BCUT2D eigenvalue weighted by Gasteiger charge is 2.50. The van der Waals surface area contributed by atoms with Gasteiger partial charge in [-0.05, 0) is 5.56 Å². The Morgan fingerprint density at radius 1 is 1.14 bits per heavy atom. The average molecular weight is 306 g/mol. The number of hydrogen-bond acceptors (Lipinski definition) is 3. The number of rotatable bonds is 7. The highest BCUT2D eigenvalue weighted by molar-refractivity contribution is 6.84. The van der Waals surface area contributed by atoms with E-state index in [1.807, 2.05) is 18.2 Å². The van der Waals surface area contributed by atoms with Crippen LogP contribution in [0.3, 0.4) is 0 Å². The summed E-state index contributed by atoms with van der Waals surface area (Å²) in [5, 5.41) is 0. The topological polar surface area (TPSA) is 35.5 Å². The molecule has 1 heterocycles. The lowest BCUT2D eigenvalue weighted by molar-refractivity contribution is -0.138. The van der Waals surface area contributed by atoms with Crippen LogP contribution in [-0.2, 0) is 20.9 Å². The summed E-state index contributed by atoms with van der Waals surface area (Å²) in [7, 11) is -1.65. The van der Waals surface area contributed by atoms with E-state index in [1.165, 1.54) is 0 Å². The van der Waals surface area contributed by atoms with Crippen molar-refractivity contribution in [2.24, 2.45) is 0 Å². The molecule has 4 heteroatoms. The Hall–Kier alpha value is -1.13. The molecule has 3 nitrogen and oxygen atoms in total. The zero-order valence-corrected chi connectivity index (χ0v) is 14.3. The van der Waals surface area contributed by atoms with Crippen LogP contribution in [0.1, 0.15) is 26.3 Å². The van der Waals surface area contributed by atoms with Crippen molar-refractivity contribution in [1.29, 1.82) is 0 Å². The van der Waals surface area contributed by atoms with Crippen molar-refractivity contribution in [3.8, 4) is 0 Å². The fraction of sp³-hybridized carbons (Fsp3) is 0.588. The van der Waals surface area contributed by atoms with Gasteiger partial charge in [0.1, 0.15) is 12.7 Å².